The molecular formula is C8H13N3O3. The van der Waals surface area contributed by atoms with E-state index in [0.717, 1.165) is 0 Å². The van der Waals surface area contributed by atoms with Crippen molar-refractivity contribution in [3.63, 3.8) is 0 Å². The average Bonchev–Trinajstić information content (AvgIpc) is 2.26. The molecule has 1 heterocycles. The third-order valence-electron chi connectivity index (χ3n) is 1.68. The van der Waals surface area contributed by atoms with E-state index in [9.17, 15) is 0 Å². The second-order valence-electron chi connectivity index (χ2n) is 2.41. The summed E-state index contributed by atoms with van der Waals surface area (Å²) in [5, 5.41) is 0. The third kappa shape index (κ3) is 1.85. The van der Waals surface area contributed by atoms with Gasteiger partial charge in [-0.3, -0.25) is 0 Å². The van der Waals surface area contributed by atoms with Crippen LogP contribution in [0.15, 0.2) is 0 Å². The van der Waals surface area contributed by atoms with Crippen molar-refractivity contribution in [2.75, 3.05) is 21.3 Å². The van der Waals surface area contributed by atoms with Crippen LogP contribution in [0.4, 0.5) is 0 Å². The number of hydrogen-bond acceptors (Lipinski definition) is 6. The van der Waals surface area contributed by atoms with Crippen molar-refractivity contribution in [2.45, 2.75) is 6.54 Å². The zero-order valence-electron chi connectivity index (χ0n) is 8.40. The number of ether oxygens (including phenoxy) is 3. The number of hydrogen-bond donors (Lipinski definition) is 1. The van der Waals surface area contributed by atoms with Crippen LogP contribution in [0.2, 0.25) is 0 Å². The van der Waals surface area contributed by atoms with E-state index in [2.05, 4.69) is 9.97 Å². The fourth-order valence-electron chi connectivity index (χ4n) is 1.03. The van der Waals surface area contributed by atoms with E-state index in [1.54, 1.807) is 0 Å². The average molecular weight is 199 g/mol. The lowest BCUT2D eigenvalue weighted by Gasteiger charge is -2.10. The lowest BCUT2D eigenvalue weighted by atomic mass is 10.3. The van der Waals surface area contributed by atoms with Crippen molar-refractivity contribution in [3.05, 3.63) is 5.56 Å². The van der Waals surface area contributed by atoms with Crippen molar-refractivity contribution in [2.24, 2.45) is 5.73 Å². The smallest absolute Gasteiger partial charge is 0.322 e. The first-order valence-corrected chi connectivity index (χ1v) is 3.99. The Morgan fingerprint density at radius 1 is 1.00 bits per heavy atom. The van der Waals surface area contributed by atoms with Crippen molar-refractivity contribution in [3.8, 4) is 17.8 Å². The monoisotopic (exact) mass is 199 g/mol. The normalized spacial score (nSPS) is 9.71. The zero-order chi connectivity index (χ0) is 10.6. The molecule has 0 aliphatic rings. The molecule has 0 bridgehead atoms. The minimum absolute atomic E-state index is 0.191. The van der Waals surface area contributed by atoms with Gasteiger partial charge in [0.05, 0.1) is 26.9 Å². The molecule has 1 rings (SSSR count). The van der Waals surface area contributed by atoms with Crippen LogP contribution < -0.4 is 19.9 Å². The highest BCUT2D eigenvalue weighted by molar-refractivity contribution is 5.36. The van der Waals surface area contributed by atoms with Crippen LogP contribution in [0, 0.1) is 0 Å². The summed E-state index contributed by atoms with van der Waals surface area (Å²) in [6, 6.07) is 0.191. The molecule has 6 nitrogen and oxygen atoms in total. The molecule has 1 aromatic rings. The van der Waals surface area contributed by atoms with Gasteiger partial charge in [0.25, 0.3) is 0 Å². The van der Waals surface area contributed by atoms with Gasteiger partial charge in [0.15, 0.2) is 0 Å². The lowest BCUT2D eigenvalue weighted by Crippen LogP contribution is -2.07. The number of aromatic nitrogens is 2. The number of methoxy groups -OCH3 is 3. The lowest BCUT2D eigenvalue weighted by molar-refractivity contribution is 0.324. The Balaban J connectivity index is 3.24. The summed E-state index contributed by atoms with van der Waals surface area (Å²) >= 11 is 0. The molecule has 0 saturated carbocycles. The predicted octanol–water partition coefficient (Wildman–Crippen LogP) is -0.0389. The number of nitrogens with two attached hydrogens (primary N) is 1. The summed E-state index contributed by atoms with van der Waals surface area (Å²) in [5.41, 5.74) is 6.13. The maximum absolute atomic E-state index is 5.51. The SMILES string of the molecule is COc1nc(OC)c(CN)c(OC)n1. The Bertz CT molecular complexity index is 292. The van der Waals surface area contributed by atoms with Gasteiger partial charge in [-0.05, 0) is 0 Å². The molecule has 1 aromatic heterocycles. The van der Waals surface area contributed by atoms with Crippen LogP contribution in [0.25, 0.3) is 0 Å². The van der Waals surface area contributed by atoms with E-state index >= 15 is 0 Å². The van der Waals surface area contributed by atoms with Crippen LogP contribution in [0.5, 0.6) is 17.8 Å². The van der Waals surface area contributed by atoms with Gasteiger partial charge in [0.1, 0.15) is 0 Å². The van der Waals surface area contributed by atoms with Crippen LogP contribution in [-0.4, -0.2) is 31.3 Å². The molecule has 0 radical (unpaired) electrons. The maximum Gasteiger partial charge on any atom is 0.322 e. The second-order valence-corrected chi connectivity index (χ2v) is 2.41. The van der Waals surface area contributed by atoms with Crippen LogP contribution in [0.3, 0.4) is 0 Å². The molecule has 0 aliphatic heterocycles. The highest BCUT2D eigenvalue weighted by atomic mass is 16.5. The first-order valence-electron chi connectivity index (χ1n) is 3.99. The summed E-state index contributed by atoms with van der Waals surface area (Å²) in [6.45, 7) is 0.246. The molecule has 0 spiro atoms. The highest BCUT2D eigenvalue weighted by Gasteiger charge is 2.14. The summed E-state index contributed by atoms with van der Waals surface area (Å²) in [4.78, 5) is 7.95. The standard InChI is InChI=1S/C8H13N3O3/c1-12-6-5(4-9)7(13-2)11-8(10-6)14-3/h4,9H2,1-3H3. The van der Waals surface area contributed by atoms with E-state index in [1.807, 2.05) is 0 Å². The second kappa shape index (κ2) is 4.61. The van der Waals surface area contributed by atoms with Crippen LogP contribution in [-0.2, 0) is 6.54 Å². The molecule has 0 amide bonds. The van der Waals surface area contributed by atoms with Gasteiger partial charge in [0, 0.05) is 6.54 Å². The molecule has 0 fully saturated rings. The molecule has 0 unspecified atom stereocenters. The predicted molar refractivity (Wildman–Crippen MR) is 49.6 cm³/mol. The quantitative estimate of drug-likeness (QED) is 0.733. The Hall–Kier alpha value is -1.56. The fraction of sp³-hybridized carbons (Fsp3) is 0.500. The van der Waals surface area contributed by atoms with E-state index in [0.29, 0.717) is 17.3 Å². The minimum Gasteiger partial charge on any atom is -0.481 e. The summed E-state index contributed by atoms with van der Waals surface area (Å²) in [6.07, 6.45) is 0. The largest absolute Gasteiger partial charge is 0.481 e. The van der Waals surface area contributed by atoms with Gasteiger partial charge in [-0.1, -0.05) is 0 Å². The third-order valence-corrected chi connectivity index (χ3v) is 1.68. The molecule has 14 heavy (non-hydrogen) atoms. The van der Waals surface area contributed by atoms with Crippen molar-refractivity contribution in [1.29, 1.82) is 0 Å². The van der Waals surface area contributed by atoms with Gasteiger partial charge >= 0.3 is 6.01 Å². The van der Waals surface area contributed by atoms with Crippen molar-refractivity contribution in [1.82, 2.24) is 9.97 Å². The molecule has 2 N–H and O–H groups in total. The van der Waals surface area contributed by atoms with Gasteiger partial charge in [-0.2, -0.15) is 9.97 Å². The Kier molecular flexibility index (Phi) is 3.47. The molecule has 78 valence electrons. The summed E-state index contributed by atoms with van der Waals surface area (Å²) < 4.78 is 14.9. The van der Waals surface area contributed by atoms with E-state index in [1.165, 1.54) is 21.3 Å². The zero-order valence-corrected chi connectivity index (χ0v) is 8.40. The van der Waals surface area contributed by atoms with Crippen LogP contribution in [0.1, 0.15) is 5.56 Å². The highest BCUT2D eigenvalue weighted by Crippen LogP contribution is 2.26. The number of rotatable bonds is 4. The van der Waals surface area contributed by atoms with Crippen molar-refractivity contribution < 1.29 is 14.2 Å². The van der Waals surface area contributed by atoms with Crippen LogP contribution >= 0.6 is 0 Å². The molecule has 6 heteroatoms. The first-order chi connectivity index (χ1) is 6.76. The molecule has 0 saturated heterocycles. The van der Waals surface area contributed by atoms with E-state index in [4.69, 9.17) is 19.9 Å². The van der Waals surface area contributed by atoms with E-state index in [-0.39, 0.29) is 12.6 Å². The summed E-state index contributed by atoms with van der Waals surface area (Å²) in [5.74, 6) is 0.743. The summed E-state index contributed by atoms with van der Waals surface area (Å²) in [7, 11) is 4.47. The minimum atomic E-state index is 0.191. The van der Waals surface area contributed by atoms with Gasteiger partial charge in [-0.15, -0.1) is 0 Å². The fourth-order valence-corrected chi connectivity index (χ4v) is 1.03. The Labute approximate surface area is 82.0 Å². The van der Waals surface area contributed by atoms with Crippen molar-refractivity contribution >= 4 is 0 Å². The number of nitrogens with zero attached hydrogens (tertiary/aromatic N) is 2. The van der Waals surface area contributed by atoms with Gasteiger partial charge in [0.2, 0.25) is 11.8 Å². The molecular weight excluding hydrogens is 186 g/mol. The molecule has 0 atom stereocenters. The van der Waals surface area contributed by atoms with E-state index < -0.39 is 0 Å². The first kappa shape index (κ1) is 10.5. The molecule has 0 aromatic carbocycles. The Morgan fingerprint density at radius 2 is 1.50 bits per heavy atom. The Morgan fingerprint density at radius 3 is 1.79 bits per heavy atom. The topological polar surface area (TPSA) is 79.5 Å². The maximum atomic E-state index is 5.51. The molecule has 0 aliphatic carbocycles. The van der Waals surface area contributed by atoms with Gasteiger partial charge in [-0.25, -0.2) is 0 Å². The van der Waals surface area contributed by atoms with Gasteiger partial charge < -0.3 is 19.9 Å².